The van der Waals surface area contributed by atoms with Crippen LogP contribution in [-0.2, 0) is 9.53 Å². The van der Waals surface area contributed by atoms with Crippen LogP contribution in [0.3, 0.4) is 0 Å². The average Bonchev–Trinajstić information content (AvgIpc) is 2.65. The minimum atomic E-state index is -1.09. The number of aliphatic carboxylic acids is 1. The van der Waals surface area contributed by atoms with Crippen molar-refractivity contribution in [2.75, 3.05) is 13.1 Å². The van der Waals surface area contributed by atoms with Crippen LogP contribution in [0.5, 0.6) is 0 Å². The van der Waals surface area contributed by atoms with Crippen molar-refractivity contribution >= 4 is 5.97 Å². The Kier molecular flexibility index (Phi) is 3.00. The van der Waals surface area contributed by atoms with Gasteiger partial charge >= 0.3 is 5.97 Å². The van der Waals surface area contributed by atoms with E-state index < -0.39 is 11.5 Å². The third-order valence-electron chi connectivity index (χ3n) is 4.22. The van der Waals surface area contributed by atoms with Gasteiger partial charge in [0.15, 0.2) is 0 Å². The lowest BCUT2D eigenvalue weighted by Gasteiger charge is -2.34. The van der Waals surface area contributed by atoms with Gasteiger partial charge in [-0.2, -0.15) is 0 Å². The number of carboxylic acids is 1. The molecule has 2 rings (SSSR count). The smallest absolute Gasteiger partial charge is 0.325 e. The standard InChI is InChI=1S/C13H24N2O3/c1-11(2)7-9(12(3,4)18-11)15-6-5-13(14,8-15)10(16)17/h9H,5-8,14H2,1-4H3,(H,16,17). The number of likely N-dealkylation sites (tertiary alicyclic amines) is 1. The van der Waals surface area contributed by atoms with E-state index in [2.05, 4.69) is 32.6 Å². The van der Waals surface area contributed by atoms with Crippen LogP contribution in [0.25, 0.3) is 0 Å². The highest BCUT2D eigenvalue weighted by atomic mass is 16.5. The quantitative estimate of drug-likeness (QED) is 0.765. The van der Waals surface area contributed by atoms with Crippen molar-refractivity contribution < 1.29 is 14.6 Å². The number of ether oxygens (including phenoxy) is 1. The molecule has 5 heteroatoms. The third-order valence-corrected chi connectivity index (χ3v) is 4.22. The molecule has 0 radical (unpaired) electrons. The summed E-state index contributed by atoms with van der Waals surface area (Å²) >= 11 is 0. The van der Waals surface area contributed by atoms with Crippen LogP contribution in [0.2, 0.25) is 0 Å². The first kappa shape index (κ1) is 13.8. The van der Waals surface area contributed by atoms with E-state index in [1.165, 1.54) is 0 Å². The molecule has 2 saturated heterocycles. The van der Waals surface area contributed by atoms with Gasteiger partial charge in [-0.15, -0.1) is 0 Å². The Morgan fingerprint density at radius 2 is 2.00 bits per heavy atom. The maximum atomic E-state index is 11.2. The Labute approximate surface area is 108 Å². The number of hydrogen-bond acceptors (Lipinski definition) is 4. The molecule has 0 spiro atoms. The summed E-state index contributed by atoms with van der Waals surface area (Å²) < 4.78 is 6.06. The summed E-state index contributed by atoms with van der Waals surface area (Å²) in [6.07, 6.45) is 1.42. The zero-order valence-electron chi connectivity index (χ0n) is 11.7. The molecular formula is C13H24N2O3. The zero-order chi connectivity index (χ0) is 13.8. The van der Waals surface area contributed by atoms with Crippen LogP contribution in [0, 0.1) is 0 Å². The first-order valence-corrected chi connectivity index (χ1v) is 6.52. The van der Waals surface area contributed by atoms with Gasteiger partial charge in [0.25, 0.3) is 0 Å². The fourth-order valence-corrected chi connectivity index (χ4v) is 3.41. The number of carboxylic acid groups (broad SMARTS) is 1. The van der Waals surface area contributed by atoms with Crippen LogP contribution in [0.4, 0.5) is 0 Å². The van der Waals surface area contributed by atoms with Crippen LogP contribution in [0.1, 0.15) is 40.5 Å². The monoisotopic (exact) mass is 256 g/mol. The summed E-state index contributed by atoms with van der Waals surface area (Å²) in [6.45, 7) is 9.45. The highest BCUT2D eigenvalue weighted by molar-refractivity contribution is 5.79. The highest BCUT2D eigenvalue weighted by Gasteiger charge is 2.52. The maximum absolute atomic E-state index is 11.2. The van der Waals surface area contributed by atoms with Gasteiger partial charge in [-0.25, -0.2) is 0 Å². The van der Waals surface area contributed by atoms with Crippen molar-refractivity contribution in [1.82, 2.24) is 4.90 Å². The SMILES string of the molecule is CC1(C)CC(N2CCC(N)(C(=O)O)C2)C(C)(C)O1. The van der Waals surface area contributed by atoms with Crippen molar-refractivity contribution in [3.63, 3.8) is 0 Å². The Hall–Kier alpha value is -0.650. The van der Waals surface area contributed by atoms with Gasteiger partial charge in [-0.3, -0.25) is 9.69 Å². The van der Waals surface area contributed by atoms with E-state index in [0.29, 0.717) is 13.0 Å². The predicted octanol–water partition coefficient (Wildman–Crippen LogP) is 0.820. The second-order valence-electron chi connectivity index (χ2n) is 6.87. The summed E-state index contributed by atoms with van der Waals surface area (Å²) in [6, 6.07) is 0.234. The number of rotatable bonds is 2. The molecule has 2 aliphatic heterocycles. The van der Waals surface area contributed by atoms with Crippen molar-refractivity contribution in [2.45, 2.75) is 63.3 Å². The molecule has 0 aromatic carbocycles. The van der Waals surface area contributed by atoms with E-state index in [1.54, 1.807) is 0 Å². The molecule has 2 aliphatic rings. The van der Waals surface area contributed by atoms with Crippen LogP contribution in [-0.4, -0.2) is 51.8 Å². The molecule has 104 valence electrons. The van der Waals surface area contributed by atoms with E-state index in [9.17, 15) is 9.90 Å². The van der Waals surface area contributed by atoms with Crippen molar-refractivity contribution in [3.05, 3.63) is 0 Å². The number of nitrogens with zero attached hydrogens (tertiary/aromatic N) is 1. The molecule has 5 nitrogen and oxygen atoms in total. The highest BCUT2D eigenvalue weighted by Crippen LogP contribution is 2.41. The predicted molar refractivity (Wildman–Crippen MR) is 68.4 cm³/mol. The van der Waals surface area contributed by atoms with E-state index in [4.69, 9.17) is 10.5 Å². The molecule has 18 heavy (non-hydrogen) atoms. The lowest BCUT2D eigenvalue weighted by molar-refractivity contribution is -0.143. The minimum absolute atomic E-state index is 0.156. The summed E-state index contributed by atoms with van der Waals surface area (Å²) in [5.74, 6) is -0.902. The van der Waals surface area contributed by atoms with Gasteiger partial charge in [-0.1, -0.05) is 0 Å². The van der Waals surface area contributed by atoms with Crippen LogP contribution >= 0.6 is 0 Å². The molecule has 0 aromatic heterocycles. The van der Waals surface area contributed by atoms with Gasteiger partial charge in [-0.05, 0) is 40.5 Å². The first-order valence-electron chi connectivity index (χ1n) is 6.52. The molecule has 2 unspecified atom stereocenters. The lowest BCUT2D eigenvalue weighted by Crippen LogP contribution is -2.53. The molecule has 0 bridgehead atoms. The topological polar surface area (TPSA) is 75.8 Å². The van der Waals surface area contributed by atoms with E-state index in [1.807, 2.05) is 0 Å². The van der Waals surface area contributed by atoms with Gasteiger partial charge in [0, 0.05) is 19.1 Å². The average molecular weight is 256 g/mol. The van der Waals surface area contributed by atoms with Gasteiger partial charge in [0.05, 0.1) is 11.2 Å². The normalized spacial score (nSPS) is 39.1. The Balaban J connectivity index is 2.13. The Morgan fingerprint density at radius 3 is 2.39 bits per heavy atom. The second-order valence-corrected chi connectivity index (χ2v) is 6.87. The third kappa shape index (κ3) is 2.27. The van der Waals surface area contributed by atoms with Crippen LogP contribution in [0.15, 0.2) is 0 Å². The Morgan fingerprint density at radius 1 is 1.39 bits per heavy atom. The molecule has 2 heterocycles. The van der Waals surface area contributed by atoms with Gasteiger partial charge < -0.3 is 15.6 Å². The minimum Gasteiger partial charge on any atom is -0.480 e. The fourth-order valence-electron chi connectivity index (χ4n) is 3.41. The van der Waals surface area contributed by atoms with Crippen molar-refractivity contribution in [3.8, 4) is 0 Å². The molecule has 0 amide bonds. The molecule has 0 saturated carbocycles. The van der Waals surface area contributed by atoms with E-state index in [0.717, 1.165) is 13.0 Å². The Bertz CT molecular complexity index is 367. The largest absolute Gasteiger partial charge is 0.480 e. The summed E-state index contributed by atoms with van der Waals surface area (Å²) in [7, 11) is 0. The molecule has 2 fully saturated rings. The maximum Gasteiger partial charge on any atom is 0.325 e. The fraction of sp³-hybridized carbons (Fsp3) is 0.923. The number of hydrogen-bond donors (Lipinski definition) is 2. The molecule has 2 atom stereocenters. The lowest BCUT2D eigenvalue weighted by atomic mass is 9.93. The van der Waals surface area contributed by atoms with Gasteiger partial charge in [0.1, 0.15) is 5.54 Å². The summed E-state index contributed by atoms with van der Waals surface area (Å²) in [4.78, 5) is 13.4. The molecular weight excluding hydrogens is 232 g/mol. The summed E-state index contributed by atoms with van der Waals surface area (Å²) in [5.41, 5.74) is 4.43. The second kappa shape index (κ2) is 3.92. The van der Waals surface area contributed by atoms with Crippen molar-refractivity contribution in [2.24, 2.45) is 5.73 Å². The number of carbonyl (C=O) groups is 1. The van der Waals surface area contributed by atoms with E-state index >= 15 is 0 Å². The van der Waals surface area contributed by atoms with Crippen LogP contribution < -0.4 is 5.73 Å². The van der Waals surface area contributed by atoms with Gasteiger partial charge in [0.2, 0.25) is 0 Å². The van der Waals surface area contributed by atoms with Crippen molar-refractivity contribution in [1.29, 1.82) is 0 Å². The zero-order valence-corrected chi connectivity index (χ0v) is 11.7. The molecule has 0 aromatic rings. The number of nitrogens with two attached hydrogens (primary N) is 1. The first-order chi connectivity index (χ1) is 8.06. The molecule has 3 N–H and O–H groups in total. The van der Waals surface area contributed by atoms with E-state index in [-0.39, 0.29) is 17.2 Å². The molecule has 0 aliphatic carbocycles. The summed E-state index contributed by atoms with van der Waals surface area (Å²) in [5, 5.41) is 9.18.